The van der Waals surface area contributed by atoms with Crippen molar-refractivity contribution in [2.75, 3.05) is 20.1 Å². The number of carbonyl (C=O) groups is 1. The van der Waals surface area contributed by atoms with E-state index in [-0.39, 0.29) is 5.91 Å². The van der Waals surface area contributed by atoms with Crippen LogP contribution in [0.15, 0.2) is 35.8 Å². The van der Waals surface area contributed by atoms with Crippen LogP contribution in [0.2, 0.25) is 0 Å². The molecule has 1 amide bonds. The predicted octanol–water partition coefficient (Wildman–Crippen LogP) is 2.75. The minimum Gasteiger partial charge on any atom is -0.340 e. The molecule has 0 radical (unpaired) electrons. The third-order valence-electron chi connectivity index (χ3n) is 4.02. The summed E-state index contributed by atoms with van der Waals surface area (Å²) in [6.07, 6.45) is 4.22. The van der Waals surface area contributed by atoms with Crippen LogP contribution in [-0.2, 0) is 6.54 Å². The van der Waals surface area contributed by atoms with Crippen molar-refractivity contribution in [2.45, 2.75) is 25.4 Å². The van der Waals surface area contributed by atoms with E-state index in [1.165, 1.54) is 4.88 Å². The van der Waals surface area contributed by atoms with Gasteiger partial charge in [-0.3, -0.25) is 4.79 Å². The van der Waals surface area contributed by atoms with Crippen molar-refractivity contribution in [3.8, 4) is 0 Å². The van der Waals surface area contributed by atoms with Gasteiger partial charge in [0.15, 0.2) is 0 Å². The summed E-state index contributed by atoms with van der Waals surface area (Å²) < 4.78 is 2.16. The molecule has 0 unspecified atom stereocenters. The molecule has 112 valence electrons. The molecule has 0 saturated carbocycles. The fourth-order valence-electron chi connectivity index (χ4n) is 2.88. The fraction of sp³-hybridized carbons (Fsp3) is 0.438. The number of rotatable bonds is 4. The van der Waals surface area contributed by atoms with Crippen molar-refractivity contribution in [3.63, 3.8) is 0 Å². The second-order valence-corrected chi connectivity index (χ2v) is 6.55. The molecule has 5 heteroatoms. The number of nitrogens with zero attached hydrogens (tertiary/aromatic N) is 2. The number of hydrogen-bond acceptors (Lipinski definition) is 3. The van der Waals surface area contributed by atoms with Gasteiger partial charge in [0.25, 0.3) is 5.91 Å². The first-order valence-corrected chi connectivity index (χ1v) is 8.29. The Morgan fingerprint density at radius 2 is 2.19 bits per heavy atom. The summed E-state index contributed by atoms with van der Waals surface area (Å²) >= 11 is 1.69. The Kier molecular flexibility index (Phi) is 4.41. The Balaban J connectivity index is 1.73. The van der Waals surface area contributed by atoms with E-state index in [0.29, 0.717) is 12.6 Å². The minimum absolute atomic E-state index is 0.104. The third-order valence-corrected chi connectivity index (χ3v) is 4.88. The third kappa shape index (κ3) is 3.19. The molecule has 1 fully saturated rings. The van der Waals surface area contributed by atoms with Gasteiger partial charge in [-0.25, -0.2) is 0 Å². The highest BCUT2D eigenvalue weighted by Gasteiger charge is 2.22. The van der Waals surface area contributed by atoms with E-state index in [9.17, 15) is 4.79 Å². The molecule has 21 heavy (non-hydrogen) atoms. The normalized spacial score (nSPS) is 16.0. The van der Waals surface area contributed by atoms with E-state index in [1.54, 1.807) is 16.2 Å². The molecule has 1 N–H and O–H groups in total. The lowest BCUT2D eigenvalue weighted by molar-refractivity contribution is 0.0772. The predicted molar refractivity (Wildman–Crippen MR) is 85.7 cm³/mol. The molecule has 0 aliphatic carbocycles. The smallest absolute Gasteiger partial charge is 0.270 e. The SMILES string of the molecule is CN(Cc1cccs1)C(=O)c1cccn1C1CCNCC1. The van der Waals surface area contributed by atoms with E-state index in [0.717, 1.165) is 31.6 Å². The van der Waals surface area contributed by atoms with E-state index in [1.807, 2.05) is 36.8 Å². The lowest BCUT2D eigenvalue weighted by Crippen LogP contribution is -2.33. The van der Waals surface area contributed by atoms with Crippen molar-refractivity contribution < 1.29 is 4.79 Å². The lowest BCUT2D eigenvalue weighted by atomic mass is 10.1. The maximum atomic E-state index is 12.7. The summed E-state index contributed by atoms with van der Waals surface area (Å²) in [4.78, 5) is 15.7. The second kappa shape index (κ2) is 6.45. The summed E-state index contributed by atoms with van der Waals surface area (Å²) in [7, 11) is 1.88. The molecule has 2 aromatic rings. The first kappa shape index (κ1) is 14.4. The number of amides is 1. The fourth-order valence-corrected chi connectivity index (χ4v) is 3.64. The van der Waals surface area contributed by atoms with Crippen LogP contribution in [0.3, 0.4) is 0 Å². The molecule has 1 aliphatic rings. The molecule has 0 atom stereocenters. The largest absolute Gasteiger partial charge is 0.340 e. The Hall–Kier alpha value is -1.59. The molecule has 3 rings (SSSR count). The van der Waals surface area contributed by atoms with Gasteiger partial charge in [-0.05, 0) is 49.5 Å². The average molecular weight is 303 g/mol. The molecular formula is C16H21N3OS. The highest BCUT2D eigenvalue weighted by Crippen LogP contribution is 2.22. The summed E-state index contributed by atoms with van der Waals surface area (Å²) in [5, 5.41) is 5.42. The van der Waals surface area contributed by atoms with Crippen LogP contribution in [0.4, 0.5) is 0 Å². The molecule has 0 aromatic carbocycles. The van der Waals surface area contributed by atoms with Gasteiger partial charge in [-0.2, -0.15) is 0 Å². The zero-order valence-electron chi connectivity index (χ0n) is 12.3. The quantitative estimate of drug-likeness (QED) is 0.943. The highest BCUT2D eigenvalue weighted by atomic mass is 32.1. The van der Waals surface area contributed by atoms with Crippen LogP contribution in [0, 0.1) is 0 Å². The van der Waals surface area contributed by atoms with Crippen molar-refractivity contribution >= 4 is 17.2 Å². The minimum atomic E-state index is 0.104. The number of piperidine rings is 1. The average Bonchev–Trinajstić information content (AvgIpc) is 3.18. The zero-order valence-corrected chi connectivity index (χ0v) is 13.1. The van der Waals surface area contributed by atoms with Crippen LogP contribution < -0.4 is 5.32 Å². The van der Waals surface area contributed by atoms with Crippen LogP contribution in [0.1, 0.15) is 34.2 Å². The first-order valence-electron chi connectivity index (χ1n) is 7.41. The standard InChI is InChI=1S/C16H21N3OS/c1-18(12-14-4-3-11-21-14)16(20)15-5-2-10-19(15)13-6-8-17-9-7-13/h2-5,10-11,13,17H,6-9,12H2,1H3. The van der Waals surface area contributed by atoms with Crippen LogP contribution >= 0.6 is 11.3 Å². The van der Waals surface area contributed by atoms with E-state index in [2.05, 4.69) is 16.0 Å². The molecule has 0 bridgehead atoms. The Morgan fingerprint density at radius 3 is 2.90 bits per heavy atom. The number of aromatic nitrogens is 1. The van der Waals surface area contributed by atoms with Gasteiger partial charge in [0.05, 0.1) is 6.54 Å². The van der Waals surface area contributed by atoms with Crippen molar-refractivity contribution in [3.05, 3.63) is 46.4 Å². The summed E-state index contributed by atoms with van der Waals surface area (Å²) in [6, 6.07) is 8.45. The summed E-state index contributed by atoms with van der Waals surface area (Å²) in [6.45, 7) is 2.73. The van der Waals surface area contributed by atoms with Crippen LogP contribution in [0.5, 0.6) is 0 Å². The number of hydrogen-bond donors (Lipinski definition) is 1. The number of nitrogens with one attached hydrogen (secondary N) is 1. The molecule has 3 heterocycles. The van der Waals surface area contributed by atoms with E-state index >= 15 is 0 Å². The number of carbonyl (C=O) groups excluding carboxylic acids is 1. The maximum absolute atomic E-state index is 12.7. The second-order valence-electron chi connectivity index (χ2n) is 5.52. The van der Waals surface area contributed by atoms with Gasteiger partial charge in [0.2, 0.25) is 0 Å². The van der Waals surface area contributed by atoms with Gasteiger partial charge in [0, 0.05) is 24.2 Å². The van der Waals surface area contributed by atoms with Crippen molar-refractivity contribution in [1.82, 2.24) is 14.8 Å². The van der Waals surface area contributed by atoms with Gasteiger partial charge in [-0.15, -0.1) is 11.3 Å². The van der Waals surface area contributed by atoms with E-state index < -0.39 is 0 Å². The molecule has 1 saturated heterocycles. The lowest BCUT2D eigenvalue weighted by Gasteiger charge is -2.27. The van der Waals surface area contributed by atoms with Crippen molar-refractivity contribution in [2.24, 2.45) is 0 Å². The Bertz CT molecular complexity index is 584. The van der Waals surface area contributed by atoms with Gasteiger partial charge < -0.3 is 14.8 Å². The molecule has 4 nitrogen and oxygen atoms in total. The van der Waals surface area contributed by atoms with Crippen LogP contribution in [-0.4, -0.2) is 35.5 Å². The Morgan fingerprint density at radius 1 is 1.38 bits per heavy atom. The Labute approximate surface area is 129 Å². The topological polar surface area (TPSA) is 37.3 Å². The van der Waals surface area contributed by atoms with Crippen LogP contribution in [0.25, 0.3) is 0 Å². The zero-order chi connectivity index (χ0) is 14.7. The van der Waals surface area contributed by atoms with Crippen molar-refractivity contribution in [1.29, 1.82) is 0 Å². The monoisotopic (exact) mass is 303 g/mol. The molecule has 1 aliphatic heterocycles. The molecule has 0 spiro atoms. The molecular weight excluding hydrogens is 282 g/mol. The highest BCUT2D eigenvalue weighted by molar-refractivity contribution is 7.09. The van der Waals surface area contributed by atoms with Gasteiger partial charge in [0.1, 0.15) is 5.69 Å². The summed E-state index contributed by atoms with van der Waals surface area (Å²) in [5.74, 6) is 0.104. The van der Waals surface area contributed by atoms with E-state index in [4.69, 9.17) is 0 Å². The first-order chi connectivity index (χ1) is 10.3. The van der Waals surface area contributed by atoms with Gasteiger partial charge in [-0.1, -0.05) is 6.07 Å². The maximum Gasteiger partial charge on any atom is 0.270 e. The number of thiophene rings is 1. The summed E-state index contributed by atoms with van der Waals surface area (Å²) in [5.41, 5.74) is 0.806. The van der Waals surface area contributed by atoms with Gasteiger partial charge >= 0.3 is 0 Å². The molecule has 2 aromatic heterocycles.